The van der Waals surface area contributed by atoms with Crippen molar-refractivity contribution in [3.8, 4) is 0 Å². The Labute approximate surface area is 82.3 Å². The molecular weight excluding hydrogens is 186 g/mol. The summed E-state index contributed by atoms with van der Waals surface area (Å²) in [4.78, 5) is 2.18. The molecule has 14 heavy (non-hydrogen) atoms. The Bertz CT molecular complexity index is 212. The van der Waals surface area contributed by atoms with E-state index in [1.54, 1.807) is 0 Å². The Morgan fingerprint density at radius 1 is 1.29 bits per heavy atom. The molecule has 3 N–H and O–H groups in total. The maximum absolute atomic E-state index is 8.50. The van der Waals surface area contributed by atoms with Gasteiger partial charge < -0.3 is 20.4 Å². The van der Waals surface area contributed by atoms with Crippen molar-refractivity contribution in [2.75, 3.05) is 33.0 Å². The van der Waals surface area contributed by atoms with Gasteiger partial charge in [-0.1, -0.05) is 5.16 Å². The number of rotatable bonds is 2. The number of morpholine rings is 2. The predicted molar refractivity (Wildman–Crippen MR) is 49.3 cm³/mol. The summed E-state index contributed by atoms with van der Waals surface area (Å²) in [6.45, 7) is 3.13. The van der Waals surface area contributed by atoms with Gasteiger partial charge in [-0.15, -0.1) is 0 Å². The third-order valence-corrected chi connectivity index (χ3v) is 2.65. The van der Waals surface area contributed by atoms with Crippen molar-refractivity contribution in [1.29, 1.82) is 0 Å². The highest BCUT2D eigenvalue weighted by molar-refractivity contribution is 5.81. The van der Waals surface area contributed by atoms with Crippen LogP contribution in [0.4, 0.5) is 0 Å². The first-order chi connectivity index (χ1) is 6.81. The number of ether oxygens (including phenoxy) is 2. The Balaban J connectivity index is 2.01. The Hall–Kier alpha value is -0.850. The Morgan fingerprint density at radius 2 is 1.79 bits per heavy atom. The third-order valence-electron chi connectivity index (χ3n) is 2.65. The normalized spacial score (nSPS) is 34.4. The average Bonchev–Trinajstić information content (AvgIpc) is 2.17. The van der Waals surface area contributed by atoms with Gasteiger partial charge in [-0.3, -0.25) is 4.90 Å². The van der Waals surface area contributed by atoms with Gasteiger partial charge in [0, 0.05) is 0 Å². The van der Waals surface area contributed by atoms with Crippen LogP contribution in [0, 0.1) is 0 Å². The molecule has 0 spiro atoms. The van der Waals surface area contributed by atoms with Crippen LogP contribution in [0.2, 0.25) is 0 Å². The molecule has 2 fully saturated rings. The average molecular weight is 201 g/mol. The molecule has 2 rings (SSSR count). The van der Waals surface area contributed by atoms with Crippen molar-refractivity contribution in [3.63, 3.8) is 0 Å². The molecule has 0 aromatic carbocycles. The zero-order chi connectivity index (χ0) is 9.97. The van der Waals surface area contributed by atoms with Gasteiger partial charge in [-0.2, -0.15) is 0 Å². The van der Waals surface area contributed by atoms with E-state index in [-0.39, 0.29) is 17.9 Å². The SMILES string of the molecule is N/C(CN1C2COCC1COC2)=N\O. The Kier molecular flexibility index (Phi) is 2.85. The van der Waals surface area contributed by atoms with Gasteiger partial charge in [0.2, 0.25) is 0 Å². The molecule has 80 valence electrons. The summed E-state index contributed by atoms with van der Waals surface area (Å²) < 4.78 is 10.8. The molecule has 2 aliphatic rings. The lowest BCUT2D eigenvalue weighted by Crippen LogP contribution is -2.61. The van der Waals surface area contributed by atoms with Gasteiger partial charge in [0.25, 0.3) is 0 Å². The minimum atomic E-state index is 0.239. The molecule has 2 heterocycles. The molecular formula is C8H15N3O3. The van der Waals surface area contributed by atoms with E-state index in [0.717, 1.165) is 0 Å². The standard InChI is InChI=1S/C8H15N3O3/c9-8(10-12)1-11-6-2-13-4-7(11)5-14-3-6/h6-7,12H,1-5H2,(H2,9,10). The monoisotopic (exact) mass is 201 g/mol. The number of fused-ring (bicyclic) bond motifs is 2. The predicted octanol–water partition coefficient (Wildman–Crippen LogP) is -1.17. The van der Waals surface area contributed by atoms with E-state index >= 15 is 0 Å². The van der Waals surface area contributed by atoms with Crippen LogP contribution in [0.3, 0.4) is 0 Å². The molecule has 2 bridgehead atoms. The first-order valence-electron chi connectivity index (χ1n) is 4.69. The fraction of sp³-hybridized carbons (Fsp3) is 0.875. The highest BCUT2D eigenvalue weighted by Crippen LogP contribution is 2.18. The molecule has 0 atom stereocenters. The minimum Gasteiger partial charge on any atom is -0.409 e. The summed E-state index contributed by atoms with van der Waals surface area (Å²) in [7, 11) is 0. The first kappa shape index (κ1) is 9.70. The highest BCUT2D eigenvalue weighted by atomic mass is 16.5. The topological polar surface area (TPSA) is 80.3 Å². The van der Waals surface area contributed by atoms with Crippen LogP contribution in [0.5, 0.6) is 0 Å². The largest absolute Gasteiger partial charge is 0.409 e. The van der Waals surface area contributed by atoms with Gasteiger partial charge in [0.1, 0.15) is 0 Å². The number of nitrogens with zero attached hydrogens (tertiary/aromatic N) is 2. The molecule has 0 radical (unpaired) electrons. The number of hydrogen-bond acceptors (Lipinski definition) is 5. The van der Waals surface area contributed by atoms with Crippen LogP contribution in [0.1, 0.15) is 0 Å². The molecule has 0 saturated carbocycles. The molecule has 2 aliphatic heterocycles. The molecule has 6 nitrogen and oxygen atoms in total. The van der Waals surface area contributed by atoms with Crippen molar-refractivity contribution >= 4 is 5.84 Å². The zero-order valence-electron chi connectivity index (χ0n) is 7.93. The van der Waals surface area contributed by atoms with E-state index in [0.29, 0.717) is 33.0 Å². The molecule has 0 aromatic heterocycles. The van der Waals surface area contributed by atoms with Gasteiger partial charge in [0.15, 0.2) is 5.84 Å². The maximum atomic E-state index is 8.50. The summed E-state index contributed by atoms with van der Waals surface area (Å²) >= 11 is 0. The summed E-state index contributed by atoms with van der Waals surface area (Å²) in [6.07, 6.45) is 0. The Morgan fingerprint density at radius 3 is 2.21 bits per heavy atom. The number of nitrogens with two attached hydrogens (primary N) is 1. The lowest BCUT2D eigenvalue weighted by molar-refractivity contribution is -0.131. The second-order valence-corrected chi connectivity index (χ2v) is 3.65. The molecule has 0 aromatic rings. The summed E-state index contributed by atoms with van der Waals surface area (Å²) in [6, 6.07) is 0.477. The van der Waals surface area contributed by atoms with Crippen LogP contribution >= 0.6 is 0 Å². The van der Waals surface area contributed by atoms with Gasteiger partial charge in [-0.05, 0) is 0 Å². The zero-order valence-corrected chi connectivity index (χ0v) is 7.93. The van der Waals surface area contributed by atoms with Crippen LogP contribution in [-0.4, -0.2) is 61.0 Å². The molecule has 0 unspecified atom stereocenters. The van der Waals surface area contributed by atoms with E-state index in [1.165, 1.54) is 0 Å². The van der Waals surface area contributed by atoms with Gasteiger partial charge in [-0.25, -0.2) is 0 Å². The molecule has 2 saturated heterocycles. The lowest BCUT2D eigenvalue weighted by Gasteiger charge is -2.44. The fourth-order valence-electron chi connectivity index (χ4n) is 1.93. The quantitative estimate of drug-likeness (QED) is 0.255. The smallest absolute Gasteiger partial charge is 0.153 e. The number of amidine groups is 1. The van der Waals surface area contributed by atoms with Crippen molar-refractivity contribution < 1.29 is 14.7 Å². The first-order valence-corrected chi connectivity index (χ1v) is 4.69. The summed E-state index contributed by atoms with van der Waals surface area (Å²) in [5, 5.41) is 11.5. The molecule has 0 amide bonds. The van der Waals surface area contributed by atoms with E-state index in [4.69, 9.17) is 20.4 Å². The maximum Gasteiger partial charge on any atom is 0.153 e. The van der Waals surface area contributed by atoms with Gasteiger partial charge in [0.05, 0.1) is 45.1 Å². The van der Waals surface area contributed by atoms with Crippen molar-refractivity contribution in [3.05, 3.63) is 0 Å². The fourth-order valence-corrected chi connectivity index (χ4v) is 1.93. The van der Waals surface area contributed by atoms with E-state index in [2.05, 4.69) is 10.1 Å². The second kappa shape index (κ2) is 4.12. The summed E-state index contributed by atoms with van der Waals surface area (Å²) in [5.41, 5.74) is 5.48. The molecule has 0 aliphatic carbocycles. The van der Waals surface area contributed by atoms with Crippen molar-refractivity contribution in [2.45, 2.75) is 12.1 Å². The van der Waals surface area contributed by atoms with Crippen LogP contribution in [0.25, 0.3) is 0 Å². The summed E-state index contributed by atoms with van der Waals surface area (Å²) in [5.74, 6) is 0.240. The third kappa shape index (κ3) is 1.82. The van der Waals surface area contributed by atoms with Gasteiger partial charge >= 0.3 is 0 Å². The van der Waals surface area contributed by atoms with Crippen LogP contribution in [-0.2, 0) is 9.47 Å². The van der Waals surface area contributed by atoms with Crippen LogP contribution < -0.4 is 5.73 Å². The molecule has 6 heteroatoms. The second-order valence-electron chi connectivity index (χ2n) is 3.65. The minimum absolute atomic E-state index is 0.239. The van der Waals surface area contributed by atoms with E-state index in [9.17, 15) is 0 Å². The number of hydrogen-bond donors (Lipinski definition) is 2. The van der Waals surface area contributed by atoms with Crippen molar-refractivity contribution in [1.82, 2.24) is 4.90 Å². The van der Waals surface area contributed by atoms with Crippen molar-refractivity contribution in [2.24, 2.45) is 10.9 Å². The highest BCUT2D eigenvalue weighted by Gasteiger charge is 2.35. The van der Waals surface area contributed by atoms with E-state index < -0.39 is 0 Å². The van der Waals surface area contributed by atoms with Crippen LogP contribution in [0.15, 0.2) is 5.16 Å². The number of oxime groups is 1. The lowest BCUT2D eigenvalue weighted by atomic mass is 10.1. The van der Waals surface area contributed by atoms with E-state index in [1.807, 2.05) is 0 Å².